The van der Waals surface area contributed by atoms with Gasteiger partial charge in [0.05, 0.1) is 6.54 Å². The molecule has 0 aromatic heterocycles. The fraction of sp³-hybridized carbons (Fsp3) is 0.318. The molecule has 1 saturated heterocycles. The largest absolute Gasteiger partial charge is 0.340 e. The normalized spacial score (nSPS) is 14.4. The minimum atomic E-state index is -0.354. The molecule has 158 valence electrons. The van der Waals surface area contributed by atoms with Gasteiger partial charge in [0, 0.05) is 54.7 Å². The highest BCUT2D eigenvalue weighted by Gasteiger charge is 2.23. The maximum Gasteiger partial charge on any atom is 0.238 e. The van der Waals surface area contributed by atoms with Gasteiger partial charge in [-0.15, -0.1) is 0 Å². The standard InChI is InChI=1S/C22H23BrFN3O3/c23-17-3-1-16(2-4-17)20(28)9-10-22(30)27-13-11-26(12-14-27)15-21(29)25-19-7-5-18(24)6-8-19/h1-8H,9-15H2,(H,25,29). The molecule has 2 aromatic rings. The van der Waals surface area contributed by atoms with Crippen LogP contribution in [0.2, 0.25) is 0 Å². The lowest BCUT2D eigenvalue weighted by atomic mass is 10.1. The van der Waals surface area contributed by atoms with Crippen molar-refractivity contribution in [1.82, 2.24) is 9.80 Å². The van der Waals surface area contributed by atoms with E-state index in [1.54, 1.807) is 29.2 Å². The second kappa shape index (κ2) is 10.4. The summed E-state index contributed by atoms with van der Waals surface area (Å²) in [5.74, 6) is -0.628. The third-order valence-electron chi connectivity index (χ3n) is 4.95. The Morgan fingerprint density at radius 2 is 1.53 bits per heavy atom. The molecule has 1 heterocycles. The van der Waals surface area contributed by atoms with Crippen molar-refractivity contribution in [2.75, 3.05) is 38.0 Å². The second-order valence-electron chi connectivity index (χ2n) is 7.14. The van der Waals surface area contributed by atoms with Crippen LogP contribution < -0.4 is 5.32 Å². The van der Waals surface area contributed by atoms with Crippen LogP contribution in [0.1, 0.15) is 23.2 Å². The van der Waals surface area contributed by atoms with E-state index >= 15 is 0 Å². The molecule has 2 amide bonds. The topological polar surface area (TPSA) is 69.7 Å². The van der Waals surface area contributed by atoms with Gasteiger partial charge in [0.25, 0.3) is 0 Å². The van der Waals surface area contributed by atoms with Crippen molar-refractivity contribution < 1.29 is 18.8 Å². The zero-order chi connectivity index (χ0) is 21.5. The molecule has 0 atom stereocenters. The van der Waals surface area contributed by atoms with Gasteiger partial charge in [0.1, 0.15) is 5.82 Å². The lowest BCUT2D eigenvalue weighted by Gasteiger charge is -2.34. The van der Waals surface area contributed by atoms with Gasteiger partial charge in [-0.3, -0.25) is 19.3 Å². The van der Waals surface area contributed by atoms with Gasteiger partial charge in [-0.1, -0.05) is 28.1 Å². The Bertz CT molecular complexity index is 895. The molecule has 1 fully saturated rings. The van der Waals surface area contributed by atoms with Crippen LogP contribution in [0.4, 0.5) is 10.1 Å². The lowest BCUT2D eigenvalue weighted by molar-refractivity contribution is -0.133. The summed E-state index contributed by atoms with van der Waals surface area (Å²) in [5.41, 5.74) is 1.15. The highest BCUT2D eigenvalue weighted by Crippen LogP contribution is 2.14. The van der Waals surface area contributed by atoms with Crippen LogP contribution in [0.15, 0.2) is 53.0 Å². The zero-order valence-electron chi connectivity index (χ0n) is 16.4. The summed E-state index contributed by atoms with van der Waals surface area (Å²) in [5, 5.41) is 2.73. The molecule has 1 aliphatic heterocycles. The number of hydrogen-bond acceptors (Lipinski definition) is 4. The average Bonchev–Trinajstić information content (AvgIpc) is 2.74. The van der Waals surface area contributed by atoms with E-state index in [-0.39, 0.29) is 42.8 Å². The van der Waals surface area contributed by atoms with Crippen LogP contribution in [0.25, 0.3) is 0 Å². The molecule has 6 nitrogen and oxygen atoms in total. The first-order valence-electron chi connectivity index (χ1n) is 9.75. The Morgan fingerprint density at radius 1 is 0.900 bits per heavy atom. The molecule has 8 heteroatoms. The van der Waals surface area contributed by atoms with Gasteiger partial charge >= 0.3 is 0 Å². The van der Waals surface area contributed by atoms with Gasteiger partial charge in [-0.2, -0.15) is 0 Å². The van der Waals surface area contributed by atoms with Crippen LogP contribution in [-0.2, 0) is 9.59 Å². The van der Waals surface area contributed by atoms with Crippen LogP contribution in [0, 0.1) is 5.82 Å². The number of ketones is 1. The molecule has 0 saturated carbocycles. The summed E-state index contributed by atoms with van der Waals surface area (Å²) in [4.78, 5) is 40.5. The summed E-state index contributed by atoms with van der Waals surface area (Å²) in [6.07, 6.45) is 0.362. The summed E-state index contributed by atoms with van der Waals surface area (Å²) in [6, 6.07) is 12.7. The molecule has 2 aromatic carbocycles. The summed E-state index contributed by atoms with van der Waals surface area (Å²) < 4.78 is 13.8. The Morgan fingerprint density at radius 3 is 2.17 bits per heavy atom. The third-order valence-corrected chi connectivity index (χ3v) is 5.48. The molecule has 30 heavy (non-hydrogen) atoms. The minimum absolute atomic E-state index is 0.0455. The SMILES string of the molecule is O=C(CN1CCN(C(=O)CCC(=O)c2ccc(Br)cc2)CC1)Nc1ccc(F)cc1. The molecule has 3 rings (SSSR count). The number of nitrogens with zero attached hydrogens (tertiary/aromatic N) is 2. The number of carbonyl (C=O) groups excluding carboxylic acids is 3. The molecule has 0 bridgehead atoms. The van der Waals surface area contributed by atoms with Gasteiger partial charge in [0.15, 0.2) is 5.78 Å². The van der Waals surface area contributed by atoms with E-state index in [1.807, 2.05) is 4.90 Å². The van der Waals surface area contributed by atoms with Crippen LogP contribution in [0.3, 0.4) is 0 Å². The first-order chi connectivity index (χ1) is 14.4. The molecule has 0 aliphatic carbocycles. The number of hydrogen-bond donors (Lipinski definition) is 1. The molecule has 1 aliphatic rings. The number of nitrogens with one attached hydrogen (secondary N) is 1. The zero-order valence-corrected chi connectivity index (χ0v) is 18.0. The highest BCUT2D eigenvalue weighted by molar-refractivity contribution is 9.10. The number of rotatable bonds is 7. The van der Waals surface area contributed by atoms with E-state index < -0.39 is 0 Å². The van der Waals surface area contributed by atoms with Crippen molar-refractivity contribution in [2.24, 2.45) is 0 Å². The first kappa shape index (κ1) is 22.1. The predicted octanol–water partition coefficient (Wildman–Crippen LogP) is 3.33. The van der Waals surface area contributed by atoms with Crippen molar-refractivity contribution in [1.29, 1.82) is 0 Å². The molecular weight excluding hydrogens is 453 g/mol. The Labute approximate surface area is 183 Å². The van der Waals surface area contributed by atoms with Crippen LogP contribution in [0.5, 0.6) is 0 Å². The Kier molecular flexibility index (Phi) is 7.70. The molecule has 0 unspecified atom stereocenters. The van der Waals surface area contributed by atoms with Gasteiger partial charge < -0.3 is 10.2 Å². The monoisotopic (exact) mass is 475 g/mol. The summed E-state index contributed by atoms with van der Waals surface area (Å²) in [6.45, 7) is 2.43. The lowest BCUT2D eigenvalue weighted by Crippen LogP contribution is -2.50. The fourth-order valence-electron chi connectivity index (χ4n) is 3.25. The van der Waals surface area contributed by atoms with E-state index in [2.05, 4.69) is 21.2 Å². The molecule has 0 radical (unpaired) electrons. The highest BCUT2D eigenvalue weighted by atomic mass is 79.9. The van der Waals surface area contributed by atoms with E-state index in [0.29, 0.717) is 37.4 Å². The predicted molar refractivity (Wildman–Crippen MR) is 116 cm³/mol. The number of halogens is 2. The van der Waals surface area contributed by atoms with Crippen molar-refractivity contribution >= 4 is 39.2 Å². The molecule has 0 spiro atoms. The number of carbonyl (C=O) groups is 3. The van der Waals surface area contributed by atoms with Crippen LogP contribution >= 0.6 is 15.9 Å². The Balaban J connectivity index is 1.38. The van der Waals surface area contributed by atoms with Gasteiger partial charge in [-0.05, 0) is 36.4 Å². The number of Topliss-reactive ketones (excluding diaryl/α,β-unsaturated/α-hetero) is 1. The van der Waals surface area contributed by atoms with Crippen molar-refractivity contribution in [3.8, 4) is 0 Å². The van der Waals surface area contributed by atoms with E-state index in [1.165, 1.54) is 24.3 Å². The van der Waals surface area contributed by atoms with Crippen LogP contribution in [-0.4, -0.2) is 60.1 Å². The summed E-state index contributed by atoms with van der Waals surface area (Å²) in [7, 11) is 0. The smallest absolute Gasteiger partial charge is 0.238 e. The number of amides is 2. The fourth-order valence-corrected chi connectivity index (χ4v) is 3.52. The average molecular weight is 476 g/mol. The van der Waals surface area contributed by atoms with Crippen molar-refractivity contribution in [3.05, 3.63) is 64.4 Å². The third kappa shape index (κ3) is 6.47. The number of benzene rings is 2. The van der Waals surface area contributed by atoms with E-state index in [9.17, 15) is 18.8 Å². The minimum Gasteiger partial charge on any atom is -0.340 e. The molecular formula is C22H23BrFN3O3. The van der Waals surface area contributed by atoms with E-state index in [0.717, 1.165) is 4.47 Å². The van der Waals surface area contributed by atoms with E-state index in [4.69, 9.17) is 0 Å². The van der Waals surface area contributed by atoms with Gasteiger partial charge in [-0.25, -0.2) is 4.39 Å². The maximum atomic E-state index is 12.9. The number of piperazine rings is 1. The number of anilines is 1. The second-order valence-corrected chi connectivity index (χ2v) is 8.06. The maximum absolute atomic E-state index is 12.9. The van der Waals surface area contributed by atoms with Crippen molar-refractivity contribution in [2.45, 2.75) is 12.8 Å². The first-order valence-corrected chi connectivity index (χ1v) is 10.5. The Hall–Kier alpha value is -2.58. The van der Waals surface area contributed by atoms with Gasteiger partial charge in [0.2, 0.25) is 11.8 Å². The quantitative estimate of drug-likeness (QED) is 0.623. The van der Waals surface area contributed by atoms with Crippen molar-refractivity contribution in [3.63, 3.8) is 0 Å². The summed E-state index contributed by atoms with van der Waals surface area (Å²) >= 11 is 3.33. The molecule has 1 N–H and O–H groups in total.